The summed E-state index contributed by atoms with van der Waals surface area (Å²) in [6.07, 6.45) is 1.90. The molecule has 1 aromatic heterocycles. The summed E-state index contributed by atoms with van der Waals surface area (Å²) in [7, 11) is 0. The van der Waals surface area contributed by atoms with Crippen molar-refractivity contribution in [3.8, 4) is 55.6 Å². The molecule has 0 aliphatic carbocycles. The van der Waals surface area contributed by atoms with Crippen LogP contribution in [0, 0.1) is 18.8 Å². The zero-order chi connectivity index (χ0) is 65.9. The zero-order valence-corrected chi connectivity index (χ0v) is 50.7. The van der Waals surface area contributed by atoms with Gasteiger partial charge in [0.25, 0.3) is 0 Å². The van der Waals surface area contributed by atoms with Crippen molar-refractivity contribution in [1.82, 2.24) is 4.98 Å². The molecule has 10 aromatic carbocycles. The number of pyridine rings is 1. The summed E-state index contributed by atoms with van der Waals surface area (Å²) in [5.41, 5.74) is 15.2. The molecule has 13 rings (SSSR count). The second kappa shape index (κ2) is 22.1. The Hall–Kier alpha value is -8.76. The standard InChI is InChI=1S/C78H68N5.Pt/c1-76(2,3)57-39-36-53(37-40-57)56-38-43-70-69(46-56)67-31-20-19-30-66(67)68-42-41-61(51-73(68)83(70)74-49-58(44-45-79-74)77(4,5)6)82(60-28-17-12-18-29-60)63-48-59(78(7,8)9)47-62(50-63)80-52-81(72-35-22-21-34-71(72)80)75-64(54-24-13-10-14-25-54)32-23-33-65(75)55-26-15-11-16-27-55;/h10-49,52H,1-9H3;/q-3;/i10D,11D,13D,14D,15D,16D,24D,25D,26D,27D;. The first kappa shape index (κ1) is 44.8. The van der Waals surface area contributed by atoms with Crippen molar-refractivity contribution < 1.29 is 34.8 Å². The Balaban J connectivity index is 0.00000848. The van der Waals surface area contributed by atoms with Crippen LogP contribution in [0.1, 0.15) is 92.7 Å². The third kappa shape index (κ3) is 10.5. The molecular formula is C78H68N5Pt-3. The van der Waals surface area contributed by atoms with Gasteiger partial charge < -0.3 is 19.6 Å². The normalized spacial score (nSPS) is 14.5. The fourth-order valence-electron chi connectivity index (χ4n) is 11.3. The zero-order valence-electron chi connectivity index (χ0n) is 58.5. The molecule has 0 spiro atoms. The molecule has 0 radical (unpaired) electrons. The average molecular weight is 1280 g/mol. The van der Waals surface area contributed by atoms with Gasteiger partial charge in [-0.15, -0.1) is 53.8 Å². The Morgan fingerprint density at radius 3 is 1.63 bits per heavy atom. The first-order valence-corrected chi connectivity index (χ1v) is 28.1. The Morgan fingerprint density at radius 1 is 0.429 bits per heavy atom. The summed E-state index contributed by atoms with van der Waals surface area (Å²) in [5.74, 6) is 0.735. The van der Waals surface area contributed by atoms with Crippen molar-refractivity contribution in [1.29, 1.82) is 0 Å². The van der Waals surface area contributed by atoms with Crippen LogP contribution in [0.2, 0.25) is 0 Å². The fraction of sp³-hybridized carbons (Fsp3) is 0.154. The predicted molar refractivity (Wildman–Crippen MR) is 350 cm³/mol. The molecule has 0 amide bonds. The second-order valence-corrected chi connectivity index (χ2v) is 24.3. The molecule has 0 atom stereocenters. The molecular weight excluding hydrogens is 1200 g/mol. The molecule has 0 saturated heterocycles. The van der Waals surface area contributed by atoms with Crippen molar-refractivity contribution in [2.75, 3.05) is 19.6 Å². The second-order valence-electron chi connectivity index (χ2n) is 24.3. The minimum atomic E-state index is -0.567. The first-order chi connectivity index (χ1) is 44.2. The number of para-hydroxylation sites is 4. The quantitative estimate of drug-likeness (QED) is 0.134. The minimum absolute atomic E-state index is 0. The topological polar surface area (TPSA) is 25.9 Å². The third-order valence-corrected chi connectivity index (χ3v) is 15.7. The Morgan fingerprint density at radius 2 is 1.00 bits per heavy atom. The molecule has 0 N–H and O–H groups in total. The van der Waals surface area contributed by atoms with Gasteiger partial charge in [-0.05, 0) is 104 Å². The molecule has 5 nitrogen and oxygen atoms in total. The third-order valence-electron chi connectivity index (χ3n) is 15.7. The van der Waals surface area contributed by atoms with Crippen LogP contribution in [0.25, 0.3) is 55.6 Å². The molecule has 418 valence electrons. The van der Waals surface area contributed by atoms with E-state index in [4.69, 9.17) is 13.2 Å². The van der Waals surface area contributed by atoms with Gasteiger partial charge in [0.15, 0.2) is 0 Å². The van der Waals surface area contributed by atoms with E-state index in [1.54, 1.807) is 18.2 Å². The van der Waals surface area contributed by atoms with Crippen molar-refractivity contribution in [3.05, 3.63) is 278 Å². The van der Waals surface area contributed by atoms with Crippen LogP contribution < -0.4 is 19.6 Å². The van der Waals surface area contributed by atoms with E-state index in [9.17, 15) is 5.48 Å². The average Bonchev–Trinajstić information content (AvgIpc) is 0.876. The molecule has 0 saturated carbocycles. The molecule has 2 aliphatic rings. The van der Waals surface area contributed by atoms with E-state index in [-0.39, 0.29) is 59.8 Å². The molecule has 2 aliphatic heterocycles. The molecule has 84 heavy (non-hydrogen) atoms. The fourth-order valence-corrected chi connectivity index (χ4v) is 11.3. The van der Waals surface area contributed by atoms with E-state index < -0.39 is 65.8 Å². The maximum atomic E-state index is 9.28. The molecule has 0 fully saturated rings. The summed E-state index contributed by atoms with van der Waals surface area (Å²) in [6, 6.07) is 62.4. The number of anilines is 10. The van der Waals surface area contributed by atoms with E-state index >= 15 is 0 Å². The van der Waals surface area contributed by atoms with Crippen LogP contribution in [0.3, 0.4) is 0 Å². The predicted octanol–water partition coefficient (Wildman–Crippen LogP) is 21.6. The van der Waals surface area contributed by atoms with Crippen LogP contribution in [0.4, 0.5) is 57.0 Å². The van der Waals surface area contributed by atoms with Crippen LogP contribution in [0.5, 0.6) is 0 Å². The number of hydrogen-bond acceptors (Lipinski definition) is 5. The molecule has 6 heteroatoms. The van der Waals surface area contributed by atoms with Gasteiger partial charge >= 0.3 is 0 Å². The summed E-state index contributed by atoms with van der Waals surface area (Å²) in [6.45, 7) is 21.6. The Bertz CT molecular complexity index is 4680. The van der Waals surface area contributed by atoms with Crippen LogP contribution in [0.15, 0.2) is 243 Å². The van der Waals surface area contributed by atoms with E-state index in [1.807, 2.05) is 65.1 Å². The van der Waals surface area contributed by atoms with E-state index in [2.05, 4.69) is 200 Å². The van der Waals surface area contributed by atoms with E-state index in [1.165, 1.54) is 5.56 Å². The smallest absolute Gasteiger partial charge is 0.135 e. The maximum Gasteiger partial charge on any atom is 0.135 e. The minimum Gasteiger partial charge on any atom is -0.493 e. The molecule has 11 aromatic rings. The summed E-state index contributed by atoms with van der Waals surface area (Å²) < 4.78 is 89.4. The first-order valence-electron chi connectivity index (χ1n) is 33.1. The van der Waals surface area contributed by atoms with Gasteiger partial charge in [-0.25, -0.2) is 4.98 Å². The molecule has 0 unspecified atom stereocenters. The van der Waals surface area contributed by atoms with Gasteiger partial charge in [-0.1, -0.05) is 248 Å². The van der Waals surface area contributed by atoms with Gasteiger partial charge in [0.2, 0.25) is 0 Å². The van der Waals surface area contributed by atoms with Gasteiger partial charge in [0.05, 0.1) is 19.4 Å². The number of rotatable bonds is 9. The van der Waals surface area contributed by atoms with Crippen molar-refractivity contribution in [3.63, 3.8) is 0 Å². The Kier molecular flexibility index (Phi) is 11.8. The van der Waals surface area contributed by atoms with Gasteiger partial charge in [-0.2, -0.15) is 6.07 Å². The summed E-state index contributed by atoms with van der Waals surface area (Å²) in [5, 5.41) is 0. The van der Waals surface area contributed by atoms with Crippen molar-refractivity contribution >= 4 is 57.0 Å². The number of hydrogen-bond donors (Lipinski definition) is 0. The number of aromatic nitrogens is 1. The number of fused-ring (bicyclic) bond motifs is 6. The van der Waals surface area contributed by atoms with Gasteiger partial charge in [0.1, 0.15) is 5.82 Å². The van der Waals surface area contributed by atoms with Crippen molar-refractivity contribution in [2.45, 2.75) is 78.6 Å². The maximum absolute atomic E-state index is 9.28. The van der Waals surface area contributed by atoms with Crippen LogP contribution >= 0.6 is 0 Å². The van der Waals surface area contributed by atoms with Crippen molar-refractivity contribution in [2.24, 2.45) is 0 Å². The Labute approximate surface area is 525 Å². The SMILES string of the molecule is [2H]c1c([2H])c([2H])c(-c2cccc(-c3c([2H])c([2H])c([2H])c([2H])c3[2H])c2N2[CH-]N(c3[c-]c(N(c4[c-]c5c(cc4)-c4ccccc4-c4cc(-c6ccc(C(C)(C)C)cc6)ccc4N5c4cc(C(C)(C)C)ccn4)c4ccccc4)cc(C(C)(C)C)c3)c3ccccc32)c([2H])c1[2H].[Pt]. The van der Waals surface area contributed by atoms with Gasteiger partial charge in [-0.3, -0.25) is 0 Å². The number of benzene rings is 10. The summed E-state index contributed by atoms with van der Waals surface area (Å²) >= 11 is 0. The largest absolute Gasteiger partial charge is 0.493 e. The molecule has 3 heterocycles. The van der Waals surface area contributed by atoms with E-state index in [0.717, 1.165) is 67.4 Å². The van der Waals surface area contributed by atoms with Gasteiger partial charge in [0, 0.05) is 66.7 Å². The van der Waals surface area contributed by atoms with Crippen LogP contribution in [-0.2, 0) is 37.3 Å². The van der Waals surface area contributed by atoms with E-state index in [0.29, 0.717) is 28.4 Å². The number of nitrogens with zero attached hydrogens (tertiary/aromatic N) is 5. The summed E-state index contributed by atoms with van der Waals surface area (Å²) in [4.78, 5) is 13.4. The molecule has 0 bridgehead atoms. The monoisotopic (exact) mass is 1280 g/mol. The van der Waals surface area contributed by atoms with Crippen LogP contribution in [-0.4, -0.2) is 4.98 Å².